The van der Waals surface area contributed by atoms with E-state index < -0.39 is 15.7 Å². The maximum Gasteiger partial charge on any atom is 0.189 e. The molecule has 0 aromatic heterocycles. The van der Waals surface area contributed by atoms with Crippen LogP contribution in [0.25, 0.3) is 5.70 Å². The summed E-state index contributed by atoms with van der Waals surface area (Å²) >= 11 is 0. The molecule has 0 radical (unpaired) electrons. The molecule has 1 fully saturated rings. The van der Waals surface area contributed by atoms with Gasteiger partial charge in [-0.25, -0.2) is 23.6 Å². The average Bonchev–Trinajstić information content (AvgIpc) is 3.61. The monoisotopic (exact) mass is 506 g/mol. The Bertz CT molecular complexity index is 1460. The zero-order valence-electron chi connectivity index (χ0n) is 19.1. The Balaban J connectivity index is 1.38. The van der Waals surface area contributed by atoms with Crippen LogP contribution in [0.2, 0.25) is 0 Å². The highest BCUT2D eigenvalue weighted by atomic mass is 32.2. The minimum absolute atomic E-state index is 0.00889. The van der Waals surface area contributed by atoms with Crippen LogP contribution in [0.5, 0.6) is 11.5 Å². The Morgan fingerprint density at radius 3 is 2.72 bits per heavy atom. The highest BCUT2D eigenvalue weighted by Crippen LogP contribution is 2.36. The van der Waals surface area contributed by atoms with Gasteiger partial charge in [0.15, 0.2) is 9.84 Å². The van der Waals surface area contributed by atoms with E-state index in [1.165, 1.54) is 29.7 Å². The van der Waals surface area contributed by atoms with Gasteiger partial charge >= 0.3 is 0 Å². The van der Waals surface area contributed by atoms with E-state index in [2.05, 4.69) is 10.4 Å². The molecule has 2 aliphatic heterocycles. The largest absolute Gasteiger partial charge is 0.457 e. The van der Waals surface area contributed by atoms with Crippen molar-refractivity contribution in [1.29, 1.82) is 5.26 Å². The number of nitrogens with two attached hydrogens (primary N) is 1. The summed E-state index contributed by atoms with van der Waals surface area (Å²) in [7, 11) is -3.79. The Labute approximate surface area is 208 Å². The molecule has 0 unspecified atom stereocenters. The Morgan fingerprint density at radius 2 is 2.03 bits per heavy atom. The molecule has 184 valence electrons. The molecule has 0 saturated heterocycles. The number of sulfone groups is 1. The second-order valence-corrected chi connectivity index (χ2v) is 10.6. The molecule has 2 heterocycles. The molecule has 3 N–H and O–H groups in total. The number of ether oxygens (including phenoxy) is 1. The molecule has 2 aromatic rings. The maximum atomic E-state index is 15.2. The van der Waals surface area contributed by atoms with Crippen LogP contribution in [-0.2, 0) is 9.84 Å². The number of para-hydroxylation sites is 1. The first kappa shape index (κ1) is 23.6. The molecule has 0 atom stereocenters. The maximum absolute atomic E-state index is 15.2. The molecule has 0 spiro atoms. The van der Waals surface area contributed by atoms with Crippen LogP contribution in [0.3, 0.4) is 0 Å². The van der Waals surface area contributed by atoms with Crippen LogP contribution in [0.15, 0.2) is 82.1 Å². The number of nitrogens with one attached hydrogen (secondary N) is 1. The lowest BCUT2D eigenvalue weighted by Gasteiger charge is -2.24. The van der Waals surface area contributed by atoms with E-state index in [1.807, 2.05) is 24.3 Å². The highest BCUT2D eigenvalue weighted by Gasteiger charge is 2.34. The first-order valence-electron chi connectivity index (χ1n) is 11.3. The van der Waals surface area contributed by atoms with Crippen molar-refractivity contribution >= 4 is 21.9 Å². The topological polar surface area (TPSA) is 124 Å². The van der Waals surface area contributed by atoms with E-state index in [1.54, 1.807) is 29.3 Å². The van der Waals surface area contributed by atoms with E-state index >= 15 is 4.39 Å². The van der Waals surface area contributed by atoms with Crippen molar-refractivity contribution < 1.29 is 17.5 Å². The van der Waals surface area contributed by atoms with Crippen LogP contribution >= 0.6 is 0 Å². The van der Waals surface area contributed by atoms with Gasteiger partial charge in [0.2, 0.25) is 0 Å². The fraction of sp³-hybridized carbons (Fsp3) is 0.200. The minimum atomic E-state index is -3.79. The number of allylic oxidation sites excluding steroid dienone is 2. The number of halogens is 1. The van der Waals surface area contributed by atoms with Gasteiger partial charge in [0.25, 0.3) is 0 Å². The molecule has 3 aliphatic rings. The summed E-state index contributed by atoms with van der Waals surface area (Å²) in [4.78, 5) is 3.86. The summed E-state index contributed by atoms with van der Waals surface area (Å²) in [6.07, 6.45) is 6.20. The lowest BCUT2D eigenvalue weighted by molar-refractivity contribution is 0.327. The van der Waals surface area contributed by atoms with Gasteiger partial charge in [0.1, 0.15) is 46.0 Å². The number of nitrogens with zero attached hydrogens (tertiary/aromatic N) is 4. The second kappa shape index (κ2) is 9.49. The van der Waals surface area contributed by atoms with Crippen LogP contribution in [-0.4, -0.2) is 37.1 Å². The van der Waals surface area contributed by atoms with E-state index in [0.717, 1.165) is 12.8 Å². The zero-order chi connectivity index (χ0) is 25.3. The molecule has 36 heavy (non-hydrogen) atoms. The van der Waals surface area contributed by atoms with E-state index in [0.29, 0.717) is 28.6 Å². The molecule has 5 rings (SSSR count). The normalized spacial score (nSPS) is 17.5. The average molecular weight is 507 g/mol. The first-order chi connectivity index (χ1) is 17.4. The molecule has 0 bridgehead atoms. The van der Waals surface area contributed by atoms with Gasteiger partial charge in [0, 0.05) is 11.6 Å². The summed E-state index contributed by atoms with van der Waals surface area (Å²) in [6, 6.07) is 15.3. The second-order valence-electron chi connectivity index (χ2n) is 8.53. The predicted octanol–water partition coefficient (Wildman–Crippen LogP) is 3.40. The van der Waals surface area contributed by atoms with Gasteiger partial charge in [0.05, 0.1) is 24.2 Å². The van der Waals surface area contributed by atoms with Gasteiger partial charge in [-0.3, -0.25) is 15.4 Å². The Hall–Kier alpha value is -4.14. The van der Waals surface area contributed by atoms with E-state index in [9.17, 15) is 13.7 Å². The lowest BCUT2D eigenvalue weighted by atomic mass is 10.1. The lowest BCUT2D eigenvalue weighted by Crippen LogP contribution is -2.37. The number of rotatable bonds is 8. The fourth-order valence-corrected chi connectivity index (χ4v) is 5.07. The van der Waals surface area contributed by atoms with Gasteiger partial charge in [-0.2, -0.15) is 5.26 Å². The zero-order valence-corrected chi connectivity index (χ0v) is 20.0. The minimum Gasteiger partial charge on any atom is -0.457 e. The number of aliphatic imine (C=N–C) groups is 1. The Morgan fingerprint density at radius 1 is 1.25 bits per heavy atom. The molecule has 0 amide bonds. The van der Waals surface area contributed by atoms with Gasteiger partial charge in [-0.05, 0) is 43.0 Å². The van der Waals surface area contributed by atoms with Crippen molar-refractivity contribution in [2.75, 3.05) is 12.3 Å². The summed E-state index contributed by atoms with van der Waals surface area (Å²) < 4.78 is 46.5. The van der Waals surface area contributed by atoms with E-state index in [4.69, 9.17) is 10.6 Å². The fourth-order valence-electron chi connectivity index (χ4n) is 3.89. The van der Waals surface area contributed by atoms with E-state index in [-0.39, 0.29) is 28.7 Å². The van der Waals surface area contributed by atoms with Crippen molar-refractivity contribution in [3.63, 3.8) is 0 Å². The third-order valence-corrected chi connectivity index (χ3v) is 7.51. The predicted molar refractivity (Wildman–Crippen MR) is 132 cm³/mol. The number of hydrogen-bond donors (Lipinski definition) is 2. The van der Waals surface area contributed by atoms with Crippen LogP contribution < -0.4 is 16.0 Å². The van der Waals surface area contributed by atoms with Crippen LogP contribution in [0.1, 0.15) is 18.4 Å². The van der Waals surface area contributed by atoms with Crippen molar-refractivity contribution in [3.8, 4) is 17.6 Å². The third kappa shape index (κ3) is 4.82. The molecule has 2 aromatic carbocycles. The number of fused-ring (bicyclic) bond motifs is 1. The van der Waals surface area contributed by atoms with Crippen molar-refractivity contribution in [1.82, 2.24) is 15.4 Å². The first-order valence-corrected chi connectivity index (χ1v) is 12.9. The van der Waals surface area contributed by atoms with Gasteiger partial charge in [-0.15, -0.1) is 0 Å². The molecule has 9 nitrogen and oxygen atoms in total. The summed E-state index contributed by atoms with van der Waals surface area (Å²) in [5.74, 6) is 6.29. The number of hydrogen-bond acceptors (Lipinski definition) is 9. The third-order valence-electron chi connectivity index (χ3n) is 5.89. The smallest absolute Gasteiger partial charge is 0.189 e. The SMILES string of the molecule is N#CC(=CC1CC1)S(=O)(=O)CCN1NC(c2ccc(Oc3ccccc3)cc2F)=C2C1=CN=CN2N. The molecule has 1 saturated carbocycles. The van der Waals surface area contributed by atoms with Crippen molar-refractivity contribution in [2.45, 2.75) is 12.8 Å². The summed E-state index contributed by atoms with van der Waals surface area (Å²) in [6.45, 7) is -0.00889. The number of hydrazine groups is 2. The van der Waals surface area contributed by atoms with Crippen molar-refractivity contribution in [3.05, 3.63) is 88.5 Å². The van der Waals surface area contributed by atoms with Crippen molar-refractivity contribution in [2.24, 2.45) is 16.8 Å². The standard InChI is InChI=1S/C25H23FN6O3S/c26-22-13-19(35-18-4-2-1-3-5-18)8-9-21(22)24-25-23(15-29-16-31(25)28)32(30-24)10-11-36(33,34)20(14-27)12-17-6-7-17/h1-5,8-9,12-13,15-17,30H,6-7,10-11,28H2. The number of nitriles is 1. The molecule has 1 aliphatic carbocycles. The summed E-state index contributed by atoms with van der Waals surface area (Å²) in [5.41, 5.74) is 4.56. The molecular formula is C25H23FN6O3S. The number of benzene rings is 2. The van der Waals surface area contributed by atoms with Crippen LogP contribution in [0.4, 0.5) is 4.39 Å². The molecular weight excluding hydrogens is 483 g/mol. The van der Waals surface area contributed by atoms with Crippen LogP contribution in [0, 0.1) is 23.1 Å². The quantitative estimate of drug-likeness (QED) is 0.412. The summed E-state index contributed by atoms with van der Waals surface area (Å²) in [5, 5.41) is 12.1. The van der Waals surface area contributed by atoms with Gasteiger partial charge in [-0.1, -0.05) is 24.3 Å². The Kier molecular flexibility index (Phi) is 6.22. The molecule has 11 heteroatoms. The highest BCUT2D eigenvalue weighted by molar-refractivity contribution is 7.95. The van der Waals surface area contributed by atoms with Gasteiger partial charge < -0.3 is 4.74 Å².